The van der Waals surface area contributed by atoms with Gasteiger partial charge >= 0.3 is 0 Å². The molecule has 1 saturated heterocycles. The highest BCUT2D eigenvalue weighted by atomic mass is 127. The van der Waals surface area contributed by atoms with Crippen LogP contribution in [0.4, 0.5) is 5.82 Å². The zero-order valence-corrected chi connectivity index (χ0v) is 18.8. The molecule has 0 saturated carbocycles. The van der Waals surface area contributed by atoms with Crippen LogP contribution in [0, 0.1) is 0 Å². The Morgan fingerprint density at radius 2 is 1.88 bits per heavy atom. The molecular weight excluding hydrogens is 445 g/mol. The summed E-state index contributed by atoms with van der Waals surface area (Å²) < 4.78 is 1.57. The van der Waals surface area contributed by atoms with Crippen LogP contribution < -0.4 is 21.1 Å². The molecule has 9 heteroatoms. The smallest absolute Gasteiger partial charge is 0.293 e. The van der Waals surface area contributed by atoms with Crippen molar-refractivity contribution < 1.29 is 0 Å². The fourth-order valence-corrected chi connectivity index (χ4v) is 2.78. The first kappa shape index (κ1) is 22.7. The minimum absolute atomic E-state index is 0. The van der Waals surface area contributed by atoms with Gasteiger partial charge in [-0.3, -0.25) is 9.79 Å². The number of aliphatic imine (C=N–C) groups is 1. The van der Waals surface area contributed by atoms with Gasteiger partial charge in [-0.15, -0.1) is 24.0 Å². The quantitative estimate of drug-likeness (QED) is 0.285. The maximum atomic E-state index is 12.2. The highest BCUT2D eigenvalue weighted by molar-refractivity contribution is 14.0. The van der Waals surface area contributed by atoms with Crippen LogP contribution in [0.15, 0.2) is 22.2 Å². The minimum atomic E-state index is -0.0493. The Balaban J connectivity index is 0.00000338. The first-order valence-electron chi connectivity index (χ1n) is 8.79. The molecule has 0 spiro atoms. The molecule has 2 heterocycles. The van der Waals surface area contributed by atoms with Crippen molar-refractivity contribution in [3.8, 4) is 0 Å². The predicted molar refractivity (Wildman–Crippen MR) is 118 cm³/mol. The van der Waals surface area contributed by atoms with E-state index in [4.69, 9.17) is 0 Å². The molecule has 0 atom stereocenters. The maximum absolute atomic E-state index is 12.2. The minimum Gasteiger partial charge on any atom is -0.355 e. The van der Waals surface area contributed by atoms with Crippen LogP contribution in [0.1, 0.15) is 20.8 Å². The zero-order chi connectivity index (χ0) is 18.4. The third kappa shape index (κ3) is 6.42. The molecule has 0 aliphatic carbocycles. The molecule has 0 amide bonds. The molecule has 0 unspecified atom stereocenters. The van der Waals surface area contributed by atoms with Gasteiger partial charge in [-0.25, -0.2) is 4.98 Å². The Morgan fingerprint density at radius 1 is 1.23 bits per heavy atom. The summed E-state index contributed by atoms with van der Waals surface area (Å²) in [7, 11) is 3.56. The molecule has 148 valence electrons. The number of anilines is 1. The summed E-state index contributed by atoms with van der Waals surface area (Å²) in [6.07, 6.45) is 3.35. The van der Waals surface area contributed by atoms with Gasteiger partial charge < -0.3 is 25.0 Å². The molecule has 1 aliphatic rings. The number of hydrogen-bond donors (Lipinski definition) is 2. The van der Waals surface area contributed by atoms with Gasteiger partial charge in [0.1, 0.15) is 0 Å². The summed E-state index contributed by atoms with van der Waals surface area (Å²) in [4.78, 5) is 25.1. The molecule has 2 N–H and O–H groups in total. The van der Waals surface area contributed by atoms with Crippen LogP contribution in [0.5, 0.6) is 0 Å². The van der Waals surface area contributed by atoms with Crippen LogP contribution in [0.2, 0.25) is 0 Å². The van der Waals surface area contributed by atoms with E-state index in [1.165, 1.54) is 0 Å². The van der Waals surface area contributed by atoms with Crippen molar-refractivity contribution in [1.82, 2.24) is 25.1 Å². The van der Waals surface area contributed by atoms with Crippen LogP contribution in [0.25, 0.3) is 0 Å². The number of aromatic nitrogens is 2. The third-order valence-corrected chi connectivity index (χ3v) is 4.15. The van der Waals surface area contributed by atoms with Crippen LogP contribution in [-0.4, -0.2) is 72.3 Å². The Hall–Kier alpha value is -1.36. The summed E-state index contributed by atoms with van der Waals surface area (Å²) in [6, 6.07) is 0. The van der Waals surface area contributed by atoms with E-state index < -0.39 is 0 Å². The Bertz CT molecular complexity index is 645. The van der Waals surface area contributed by atoms with Crippen LogP contribution >= 0.6 is 24.0 Å². The number of guanidine groups is 1. The van der Waals surface area contributed by atoms with E-state index in [1.54, 1.807) is 31.1 Å². The van der Waals surface area contributed by atoms with Gasteiger partial charge in [-0.1, -0.05) is 0 Å². The second kappa shape index (κ2) is 10.1. The van der Waals surface area contributed by atoms with Crippen molar-refractivity contribution >= 4 is 35.8 Å². The van der Waals surface area contributed by atoms with Gasteiger partial charge in [0.05, 0.1) is 0 Å². The van der Waals surface area contributed by atoms with Crippen molar-refractivity contribution in [1.29, 1.82) is 0 Å². The summed E-state index contributed by atoms with van der Waals surface area (Å²) in [5, 5.41) is 6.86. The molecule has 0 radical (unpaired) electrons. The molecular formula is C17H32IN7O. The number of aryl methyl sites for hydroxylation is 1. The average Bonchev–Trinajstić information content (AvgIpc) is 2.57. The standard InChI is InChI=1S/C17H31N7O.HI/c1-17(2,3)21-7-6-20-16(18-4)24-12-10-23(11-13-24)14-15(25)22(5)9-8-19-14;/h8-9,21H,6-7,10-13H2,1-5H3,(H,18,20);1H. The lowest BCUT2D eigenvalue weighted by molar-refractivity contribution is 0.368. The Morgan fingerprint density at radius 3 is 2.46 bits per heavy atom. The van der Waals surface area contributed by atoms with E-state index in [9.17, 15) is 4.79 Å². The summed E-state index contributed by atoms with van der Waals surface area (Å²) in [5.74, 6) is 1.44. The van der Waals surface area contributed by atoms with Crippen LogP contribution in [-0.2, 0) is 7.05 Å². The molecule has 1 aromatic rings. The molecule has 0 aromatic carbocycles. The van der Waals surface area contributed by atoms with Crippen molar-refractivity contribution in [2.75, 3.05) is 51.2 Å². The maximum Gasteiger partial charge on any atom is 0.293 e. The first-order valence-corrected chi connectivity index (χ1v) is 8.79. The molecule has 1 fully saturated rings. The van der Waals surface area contributed by atoms with Crippen molar-refractivity contribution in [3.05, 3.63) is 22.7 Å². The van der Waals surface area contributed by atoms with Gasteiger partial charge in [0.25, 0.3) is 5.56 Å². The largest absolute Gasteiger partial charge is 0.355 e. The van der Waals surface area contributed by atoms with E-state index in [0.717, 1.165) is 45.2 Å². The molecule has 2 rings (SSSR count). The second-order valence-corrected chi connectivity index (χ2v) is 7.29. The van der Waals surface area contributed by atoms with Gasteiger partial charge in [0.2, 0.25) is 0 Å². The fraction of sp³-hybridized carbons (Fsp3) is 0.706. The Kier molecular flexibility index (Phi) is 8.81. The molecule has 1 aromatic heterocycles. The van der Waals surface area contributed by atoms with E-state index in [-0.39, 0.29) is 35.1 Å². The summed E-state index contributed by atoms with van der Waals surface area (Å²) >= 11 is 0. The number of nitrogens with one attached hydrogen (secondary N) is 2. The van der Waals surface area contributed by atoms with Crippen LogP contribution in [0.3, 0.4) is 0 Å². The number of hydrogen-bond acceptors (Lipinski definition) is 5. The number of halogens is 1. The van der Waals surface area contributed by atoms with Gasteiger partial charge in [0.15, 0.2) is 11.8 Å². The number of rotatable bonds is 4. The highest BCUT2D eigenvalue weighted by Crippen LogP contribution is 2.08. The second-order valence-electron chi connectivity index (χ2n) is 7.29. The number of nitrogens with zero attached hydrogens (tertiary/aromatic N) is 5. The third-order valence-electron chi connectivity index (χ3n) is 4.15. The van der Waals surface area contributed by atoms with Crippen molar-refractivity contribution in [2.24, 2.45) is 12.0 Å². The lowest BCUT2D eigenvalue weighted by Crippen LogP contribution is -2.54. The van der Waals surface area contributed by atoms with E-state index in [0.29, 0.717) is 5.82 Å². The molecule has 1 aliphatic heterocycles. The van der Waals surface area contributed by atoms with Crippen molar-refractivity contribution in [3.63, 3.8) is 0 Å². The summed E-state index contributed by atoms with van der Waals surface area (Å²) in [6.45, 7) is 11.3. The Labute approximate surface area is 173 Å². The summed E-state index contributed by atoms with van der Waals surface area (Å²) in [5.41, 5.74) is 0.0674. The van der Waals surface area contributed by atoms with Gasteiger partial charge in [-0.05, 0) is 20.8 Å². The fourth-order valence-electron chi connectivity index (χ4n) is 2.78. The normalized spacial score (nSPS) is 15.7. The first-order chi connectivity index (χ1) is 11.8. The molecule has 26 heavy (non-hydrogen) atoms. The van der Waals surface area contributed by atoms with E-state index >= 15 is 0 Å². The zero-order valence-electron chi connectivity index (χ0n) is 16.4. The van der Waals surface area contributed by atoms with E-state index in [1.807, 2.05) is 4.90 Å². The van der Waals surface area contributed by atoms with Gasteiger partial charge in [-0.2, -0.15) is 0 Å². The lowest BCUT2D eigenvalue weighted by Gasteiger charge is -2.36. The monoisotopic (exact) mass is 477 g/mol. The van der Waals surface area contributed by atoms with E-state index in [2.05, 4.69) is 46.3 Å². The molecule has 8 nitrogen and oxygen atoms in total. The average molecular weight is 477 g/mol. The topological polar surface area (TPSA) is 77.8 Å². The molecule has 0 bridgehead atoms. The number of piperazine rings is 1. The highest BCUT2D eigenvalue weighted by Gasteiger charge is 2.22. The predicted octanol–water partition coefficient (Wildman–Crippen LogP) is 0.484. The van der Waals surface area contributed by atoms with Crippen molar-refractivity contribution in [2.45, 2.75) is 26.3 Å². The lowest BCUT2D eigenvalue weighted by atomic mass is 10.1. The van der Waals surface area contributed by atoms with Gasteiger partial charge in [0, 0.05) is 71.3 Å². The SMILES string of the molecule is CN=C(NCCNC(C)(C)C)N1CCN(c2nccn(C)c2=O)CC1.I.